The lowest BCUT2D eigenvalue weighted by molar-refractivity contribution is 0.365. The molecular formula is C17H17ClN4O. The molecule has 1 aliphatic heterocycles. The number of aromatic nitrogens is 2. The molecule has 118 valence electrons. The first-order valence-electron chi connectivity index (χ1n) is 8.02. The SMILES string of the molecule is N#Cc1ccc(N2CCC(c3noc(C4CC4)n3)CC2)cc1Cl. The standard InChI is InChI=1S/C17H17ClN4O/c18-15-9-14(4-3-13(15)10-19)22-7-5-11(6-8-22)16-20-17(23-21-16)12-1-2-12/h3-4,9,11-12H,1-2,5-8H2. The van der Waals surface area contributed by atoms with Gasteiger partial charge in [0.1, 0.15) is 6.07 Å². The summed E-state index contributed by atoms with van der Waals surface area (Å²) in [4.78, 5) is 6.87. The Bertz CT molecular complexity index is 754. The van der Waals surface area contributed by atoms with Crippen molar-refractivity contribution in [2.24, 2.45) is 0 Å². The van der Waals surface area contributed by atoms with Crippen molar-refractivity contribution in [3.05, 3.63) is 40.5 Å². The second-order valence-corrected chi connectivity index (χ2v) is 6.71. The average molecular weight is 329 g/mol. The molecule has 0 atom stereocenters. The highest BCUT2D eigenvalue weighted by Gasteiger charge is 2.31. The van der Waals surface area contributed by atoms with Crippen LogP contribution < -0.4 is 4.90 Å². The van der Waals surface area contributed by atoms with Gasteiger partial charge in [0.05, 0.1) is 10.6 Å². The molecule has 0 N–H and O–H groups in total. The zero-order chi connectivity index (χ0) is 15.8. The third-order valence-corrected chi connectivity index (χ3v) is 5.00. The van der Waals surface area contributed by atoms with Crippen LogP contribution in [0.2, 0.25) is 5.02 Å². The molecule has 1 saturated heterocycles. The predicted molar refractivity (Wildman–Crippen MR) is 86.6 cm³/mol. The lowest BCUT2D eigenvalue weighted by atomic mass is 9.95. The van der Waals surface area contributed by atoms with Gasteiger partial charge in [0.2, 0.25) is 5.89 Å². The van der Waals surface area contributed by atoms with E-state index in [-0.39, 0.29) is 0 Å². The van der Waals surface area contributed by atoms with Crippen LogP contribution in [0.5, 0.6) is 0 Å². The van der Waals surface area contributed by atoms with Gasteiger partial charge in [-0.05, 0) is 43.9 Å². The van der Waals surface area contributed by atoms with Gasteiger partial charge in [0, 0.05) is 30.6 Å². The van der Waals surface area contributed by atoms with Crippen LogP contribution in [0, 0.1) is 11.3 Å². The van der Waals surface area contributed by atoms with Gasteiger partial charge in [-0.3, -0.25) is 0 Å². The highest BCUT2D eigenvalue weighted by atomic mass is 35.5. The van der Waals surface area contributed by atoms with E-state index in [1.54, 1.807) is 6.07 Å². The Hall–Kier alpha value is -2.06. The molecule has 0 spiro atoms. The lowest BCUT2D eigenvalue weighted by Gasteiger charge is -2.32. The van der Waals surface area contributed by atoms with Gasteiger partial charge in [0.25, 0.3) is 0 Å². The van der Waals surface area contributed by atoms with Crippen molar-refractivity contribution in [1.29, 1.82) is 5.26 Å². The van der Waals surface area contributed by atoms with Crippen molar-refractivity contribution in [1.82, 2.24) is 10.1 Å². The van der Waals surface area contributed by atoms with E-state index >= 15 is 0 Å². The molecule has 1 aromatic heterocycles. The summed E-state index contributed by atoms with van der Waals surface area (Å²) in [7, 11) is 0. The van der Waals surface area contributed by atoms with E-state index in [0.29, 0.717) is 22.4 Å². The van der Waals surface area contributed by atoms with Crippen LogP contribution >= 0.6 is 11.6 Å². The minimum absolute atomic E-state index is 0.372. The molecule has 2 heterocycles. The number of hydrogen-bond acceptors (Lipinski definition) is 5. The molecule has 2 aromatic rings. The minimum atomic E-state index is 0.372. The molecule has 4 rings (SSSR count). The van der Waals surface area contributed by atoms with Crippen LogP contribution in [0.1, 0.15) is 54.8 Å². The summed E-state index contributed by atoms with van der Waals surface area (Å²) < 4.78 is 5.37. The van der Waals surface area contributed by atoms with E-state index in [0.717, 1.165) is 43.3 Å². The number of hydrogen-bond donors (Lipinski definition) is 0. The third kappa shape index (κ3) is 2.91. The molecule has 0 unspecified atom stereocenters. The van der Waals surface area contributed by atoms with E-state index in [2.05, 4.69) is 21.1 Å². The Morgan fingerprint density at radius 1 is 1.17 bits per heavy atom. The second kappa shape index (κ2) is 5.86. The summed E-state index contributed by atoms with van der Waals surface area (Å²) in [5.74, 6) is 2.57. The number of nitrogens with zero attached hydrogens (tertiary/aromatic N) is 4. The number of rotatable bonds is 3. The van der Waals surface area contributed by atoms with E-state index < -0.39 is 0 Å². The molecule has 1 aliphatic carbocycles. The Balaban J connectivity index is 1.42. The van der Waals surface area contributed by atoms with Crippen LogP contribution in [-0.2, 0) is 0 Å². The molecule has 1 saturated carbocycles. The first kappa shape index (κ1) is 14.5. The lowest BCUT2D eigenvalue weighted by Crippen LogP contribution is -2.33. The van der Waals surface area contributed by atoms with Crippen LogP contribution in [0.15, 0.2) is 22.7 Å². The molecule has 6 heteroatoms. The van der Waals surface area contributed by atoms with Gasteiger partial charge >= 0.3 is 0 Å². The van der Waals surface area contributed by atoms with Crippen molar-refractivity contribution in [3.8, 4) is 6.07 Å². The molecular weight excluding hydrogens is 312 g/mol. The Labute approximate surface area is 139 Å². The maximum absolute atomic E-state index is 8.95. The number of anilines is 1. The fraction of sp³-hybridized carbons (Fsp3) is 0.471. The smallest absolute Gasteiger partial charge is 0.229 e. The maximum Gasteiger partial charge on any atom is 0.229 e. The molecule has 0 bridgehead atoms. The van der Waals surface area contributed by atoms with Crippen molar-refractivity contribution in [3.63, 3.8) is 0 Å². The van der Waals surface area contributed by atoms with Crippen LogP contribution in [-0.4, -0.2) is 23.2 Å². The Morgan fingerprint density at radius 3 is 2.61 bits per heavy atom. The molecule has 23 heavy (non-hydrogen) atoms. The fourth-order valence-electron chi connectivity index (χ4n) is 3.10. The highest BCUT2D eigenvalue weighted by molar-refractivity contribution is 6.32. The van der Waals surface area contributed by atoms with Gasteiger partial charge in [-0.25, -0.2) is 0 Å². The zero-order valence-electron chi connectivity index (χ0n) is 12.7. The molecule has 5 nitrogen and oxygen atoms in total. The summed E-state index contributed by atoms with van der Waals surface area (Å²) in [5.41, 5.74) is 1.59. The second-order valence-electron chi connectivity index (χ2n) is 6.30. The van der Waals surface area contributed by atoms with Crippen molar-refractivity contribution < 1.29 is 4.52 Å². The number of benzene rings is 1. The third-order valence-electron chi connectivity index (χ3n) is 4.68. The van der Waals surface area contributed by atoms with E-state index in [1.165, 1.54) is 12.8 Å². The van der Waals surface area contributed by atoms with E-state index in [1.807, 2.05) is 12.1 Å². The number of halogens is 1. The summed E-state index contributed by atoms with van der Waals surface area (Å²) in [6, 6.07) is 7.71. The summed E-state index contributed by atoms with van der Waals surface area (Å²) in [6.07, 6.45) is 4.36. The monoisotopic (exact) mass is 328 g/mol. The summed E-state index contributed by atoms with van der Waals surface area (Å²) >= 11 is 6.13. The topological polar surface area (TPSA) is 66.0 Å². The average Bonchev–Trinajstić information content (AvgIpc) is 3.32. The molecule has 2 fully saturated rings. The van der Waals surface area contributed by atoms with Gasteiger partial charge in [0.15, 0.2) is 5.82 Å². The highest BCUT2D eigenvalue weighted by Crippen LogP contribution is 2.40. The van der Waals surface area contributed by atoms with Gasteiger partial charge in [-0.2, -0.15) is 10.2 Å². The fourth-order valence-corrected chi connectivity index (χ4v) is 3.31. The Morgan fingerprint density at radius 2 is 1.96 bits per heavy atom. The summed E-state index contributed by atoms with van der Waals surface area (Å²) in [6.45, 7) is 1.86. The van der Waals surface area contributed by atoms with Gasteiger partial charge in [-0.15, -0.1) is 0 Å². The normalized spacial score (nSPS) is 18.9. The van der Waals surface area contributed by atoms with Gasteiger partial charge < -0.3 is 9.42 Å². The minimum Gasteiger partial charge on any atom is -0.371 e. The Kier molecular flexibility index (Phi) is 3.70. The number of piperidine rings is 1. The van der Waals surface area contributed by atoms with Gasteiger partial charge in [-0.1, -0.05) is 16.8 Å². The van der Waals surface area contributed by atoms with Crippen LogP contribution in [0.3, 0.4) is 0 Å². The zero-order valence-corrected chi connectivity index (χ0v) is 13.5. The van der Waals surface area contributed by atoms with Crippen LogP contribution in [0.4, 0.5) is 5.69 Å². The maximum atomic E-state index is 8.95. The van der Waals surface area contributed by atoms with Crippen molar-refractivity contribution in [2.45, 2.75) is 37.5 Å². The molecule has 2 aliphatic rings. The summed E-state index contributed by atoms with van der Waals surface area (Å²) in [5, 5.41) is 13.6. The van der Waals surface area contributed by atoms with Crippen molar-refractivity contribution in [2.75, 3.05) is 18.0 Å². The first-order valence-corrected chi connectivity index (χ1v) is 8.40. The van der Waals surface area contributed by atoms with E-state index in [9.17, 15) is 0 Å². The largest absolute Gasteiger partial charge is 0.371 e. The first-order chi connectivity index (χ1) is 11.2. The molecule has 1 aromatic carbocycles. The van der Waals surface area contributed by atoms with Crippen molar-refractivity contribution >= 4 is 17.3 Å². The quantitative estimate of drug-likeness (QED) is 0.856. The molecule has 0 radical (unpaired) electrons. The van der Waals surface area contributed by atoms with E-state index in [4.69, 9.17) is 21.4 Å². The number of nitriles is 1. The predicted octanol–water partition coefficient (Wildman–Crippen LogP) is 3.86. The van der Waals surface area contributed by atoms with Crippen LogP contribution in [0.25, 0.3) is 0 Å². The molecule has 0 amide bonds.